The Hall–Kier alpha value is -1.08. The van der Waals surface area contributed by atoms with Crippen molar-refractivity contribution in [1.29, 1.82) is 0 Å². The molecule has 8 heteroatoms. The highest BCUT2D eigenvalue weighted by Gasteiger charge is 2.50. The van der Waals surface area contributed by atoms with Crippen molar-refractivity contribution >= 4 is 14.3 Å². The second-order valence-electron chi connectivity index (χ2n) is 7.84. The summed E-state index contributed by atoms with van der Waals surface area (Å²) in [4.78, 5) is 14.3. The molecular formula is C17H33N3O4Si. The number of carbonyl (C=O) groups excluding carboxylic acids is 1. The van der Waals surface area contributed by atoms with Gasteiger partial charge in [0.25, 0.3) is 0 Å². The maximum atomic E-state index is 11.3. The van der Waals surface area contributed by atoms with Crippen LogP contribution in [-0.4, -0.2) is 39.3 Å². The number of carbonyl (C=O) groups is 1. The van der Waals surface area contributed by atoms with E-state index in [1.807, 2.05) is 6.92 Å². The van der Waals surface area contributed by atoms with Crippen molar-refractivity contribution in [3.05, 3.63) is 10.4 Å². The highest BCUT2D eigenvalue weighted by Crippen LogP contribution is 2.44. The molecule has 0 aromatic heterocycles. The van der Waals surface area contributed by atoms with E-state index in [1.54, 1.807) is 0 Å². The normalized spacial score (nSPS) is 27.5. The molecule has 1 fully saturated rings. The van der Waals surface area contributed by atoms with Crippen molar-refractivity contribution < 1.29 is 18.7 Å². The van der Waals surface area contributed by atoms with Gasteiger partial charge in [-0.25, -0.2) is 0 Å². The van der Waals surface area contributed by atoms with Crippen LogP contribution in [0.2, 0.25) is 16.6 Å². The molecule has 4 atom stereocenters. The summed E-state index contributed by atoms with van der Waals surface area (Å²) >= 11 is 0. The lowest BCUT2D eigenvalue weighted by Crippen LogP contribution is -2.57. The van der Waals surface area contributed by atoms with Gasteiger partial charge >= 0.3 is 5.97 Å². The first-order valence-corrected chi connectivity index (χ1v) is 11.2. The lowest BCUT2D eigenvalue weighted by atomic mass is 9.93. The van der Waals surface area contributed by atoms with Crippen LogP contribution >= 0.6 is 0 Å². The molecule has 0 aliphatic carbocycles. The lowest BCUT2D eigenvalue weighted by Gasteiger charge is -2.48. The van der Waals surface area contributed by atoms with E-state index in [-0.39, 0.29) is 18.5 Å². The Morgan fingerprint density at radius 2 is 1.72 bits per heavy atom. The van der Waals surface area contributed by atoms with Crippen LogP contribution < -0.4 is 0 Å². The molecule has 1 aliphatic rings. The first-order valence-electron chi connectivity index (χ1n) is 9.08. The van der Waals surface area contributed by atoms with Crippen molar-refractivity contribution in [3.8, 4) is 0 Å². The molecule has 0 saturated carbocycles. The Labute approximate surface area is 152 Å². The van der Waals surface area contributed by atoms with E-state index >= 15 is 0 Å². The van der Waals surface area contributed by atoms with E-state index in [0.29, 0.717) is 16.6 Å². The van der Waals surface area contributed by atoms with E-state index < -0.39 is 26.8 Å². The Kier molecular flexibility index (Phi) is 7.93. The van der Waals surface area contributed by atoms with E-state index in [9.17, 15) is 4.79 Å². The minimum absolute atomic E-state index is 0.170. The first kappa shape index (κ1) is 22.0. The maximum absolute atomic E-state index is 11.3. The summed E-state index contributed by atoms with van der Waals surface area (Å²) in [5.41, 5.74) is 10.2. The van der Waals surface area contributed by atoms with E-state index in [1.165, 1.54) is 6.92 Å². The number of nitrogens with zero attached hydrogens (tertiary/aromatic N) is 3. The Morgan fingerprint density at radius 1 is 1.20 bits per heavy atom. The molecule has 0 aromatic carbocycles. The van der Waals surface area contributed by atoms with Gasteiger partial charge in [-0.3, -0.25) is 4.79 Å². The predicted molar refractivity (Wildman–Crippen MR) is 99.5 cm³/mol. The van der Waals surface area contributed by atoms with Crippen LogP contribution in [0.15, 0.2) is 5.11 Å². The number of azide groups is 1. The monoisotopic (exact) mass is 371 g/mol. The SMILES string of the molecule is CC(=O)OC1COC(O[Si](C(C)C)(C(C)C)C(C)C)C(N=[N+]=[N-])C1C. The van der Waals surface area contributed by atoms with Crippen molar-refractivity contribution in [3.63, 3.8) is 0 Å². The summed E-state index contributed by atoms with van der Waals surface area (Å²) in [6, 6.07) is -0.522. The molecule has 4 unspecified atom stereocenters. The highest BCUT2D eigenvalue weighted by atomic mass is 28.4. The van der Waals surface area contributed by atoms with Gasteiger partial charge in [-0.15, -0.1) is 0 Å². The van der Waals surface area contributed by atoms with E-state index in [0.717, 1.165) is 0 Å². The van der Waals surface area contributed by atoms with Crippen molar-refractivity contribution in [1.82, 2.24) is 0 Å². The number of esters is 1. The van der Waals surface area contributed by atoms with Gasteiger partial charge in [0.05, 0.1) is 12.6 Å². The topological polar surface area (TPSA) is 93.5 Å². The molecule has 1 heterocycles. The molecule has 0 spiro atoms. The molecule has 0 aromatic rings. The van der Waals surface area contributed by atoms with Crippen molar-refractivity contribution in [2.45, 2.75) is 90.4 Å². The fraction of sp³-hybridized carbons (Fsp3) is 0.941. The minimum Gasteiger partial charge on any atom is -0.460 e. The van der Waals surface area contributed by atoms with Gasteiger partial charge in [0.15, 0.2) is 6.29 Å². The van der Waals surface area contributed by atoms with Gasteiger partial charge in [0, 0.05) is 17.8 Å². The number of hydrogen-bond acceptors (Lipinski definition) is 5. The molecule has 0 radical (unpaired) electrons. The fourth-order valence-electron chi connectivity index (χ4n) is 4.19. The number of hydrogen-bond donors (Lipinski definition) is 0. The van der Waals surface area contributed by atoms with Gasteiger partial charge in [-0.2, -0.15) is 0 Å². The Bertz CT molecular complexity index is 484. The van der Waals surface area contributed by atoms with Crippen LogP contribution in [0.25, 0.3) is 10.4 Å². The molecule has 1 saturated heterocycles. The van der Waals surface area contributed by atoms with E-state index in [2.05, 4.69) is 51.6 Å². The van der Waals surface area contributed by atoms with Crippen LogP contribution in [-0.2, 0) is 18.7 Å². The third-order valence-corrected chi connectivity index (χ3v) is 11.4. The average molecular weight is 372 g/mol. The van der Waals surface area contributed by atoms with Gasteiger partial charge in [0.2, 0.25) is 8.32 Å². The minimum atomic E-state index is -2.19. The molecule has 1 rings (SSSR count). The predicted octanol–water partition coefficient (Wildman–Crippen LogP) is 4.78. The Balaban J connectivity index is 3.13. The zero-order valence-corrected chi connectivity index (χ0v) is 17.7. The molecule has 144 valence electrons. The van der Waals surface area contributed by atoms with Crippen LogP contribution in [0.1, 0.15) is 55.4 Å². The zero-order chi connectivity index (χ0) is 19.4. The molecule has 25 heavy (non-hydrogen) atoms. The summed E-state index contributed by atoms with van der Waals surface area (Å²) in [5.74, 6) is -0.536. The van der Waals surface area contributed by atoms with Gasteiger partial charge < -0.3 is 13.9 Å². The van der Waals surface area contributed by atoms with Crippen molar-refractivity contribution in [2.24, 2.45) is 11.0 Å². The van der Waals surface area contributed by atoms with Crippen LogP contribution in [0.5, 0.6) is 0 Å². The standard InChI is InChI=1S/C17H33N3O4Si/c1-10(2)25(11(3)4,12(5)6)24-17-16(19-20-18)13(7)15(9-22-17)23-14(8)21/h10-13,15-17H,9H2,1-8H3. The second-order valence-corrected chi connectivity index (χ2v) is 13.2. The average Bonchev–Trinajstić information content (AvgIpc) is 2.49. The van der Waals surface area contributed by atoms with Crippen LogP contribution in [0.4, 0.5) is 0 Å². The molecule has 7 nitrogen and oxygen atoms in total. The fourth-order valence-corrected chi connectivity index (χ4v) is 9.62. The summed E-state index contributed by atoms with van der Waals surface area (Å²) in [5, 5.41) is 3.93. The third kappa shape index (κ3) is 4.76. The highest BCUT2D eigenvalue weighted by molar-refractivity contribution is 6.77. The van der Waals surface area contributed by atoms with Crippen LogP contribution in [0.3, 0.4) is 0 Å². The smallest absolute Gasteiger partial charge is 0.302 e. The zero-order valence-electron chi connectivity index (χ0n) is 16.7. The third-order valence-electron chi connectivity index (χ3n) is 5.36. The quantitative estimate of drug-likeness (QED) is 0.211. The number of ether oxygens (including phenoxy) is 2. The van der Waals surface area contributed by atoms with Gasteiger partial charge in [-0.1, -0.05) is 53.6 Å². The molecule has 0 N–H and O–H groups in total. The second kappa shape index (κ2) is 9.03. The number of rotatable bonds is 7. The molecule has 0 amide bonds. The maximum Gasteiger partial charge on any atom is 0.302 e. The molecule has 0 bridgehead atoms. The summed E-state index contributed by atoms with van der Waals surface area (Å²) in [7, 11) is -2.19. The van der Waals surface area contributed by atoms with Gasteiger partial charge in [-0.05, 0) is 22.2 Å². The summed E-state index contributed by atoms with van der Waals surface area (Å²) in [6.07, 6.45) is -1.03. The molecule has 1 aliphatic heterocycles. The first-order chi connectivity index (χ1) is 11.6. The van der Waals surface area contributed by atoms with Gasteiger partial charge in [0.1, 0.15) is 6.10 Å². The summed E-state index contributed by atoms with van der Waals surface area (Å²) in [6.45, 7) is 16.7. The Morgan fingerprint density at radius 3 is 2.12 bits per heavy atom. The molecular weight excluding hydrogens is 338 g/mol. The van der Waals surface area contributed by atoms with E-state index in [4.69, 9.17) is 19.4 Å². The lowest BCUT2D eigenvalue weighted by molar-refractivity contribution is -0.195. The van der Waals surface area contributed by atoms with Crippen LogP contribution in [0, 0.1) is 5.92 Å². The largest absolute Gasteiger partial charge is 0.460 e. The summed E-state index contributed by atoms with van der Waals surface area (Å²) < 4.78 is 17.9. The van der Waals surface area contributed by atoms with Crippen molar-refractivity contribution in [2.75, 3.05) is 6.61 Å².